The number of benzene rings is 3. The van der Waals surface area contributed by atoms with Gasteiger partial charge in [0.1, 0.15) is 17.4 Å². The summed E-state index contributed by atoms with van der Waals surface area (Å²) in [4.78, 5) is 42.8. The second-order valence-electron chi connectivity index (χ2n) is 7.92. The highest BCUT2D eigenvalue weighted by atomic mass is 19.1. The Balaban J connectivity index is 1.86. The Morgan fingerprint density at radius 1 is 0.861 bits per heavy atom. The van der Waals surface area contributed by atoms with Crippen LogP contribution in [0.25, 0.3) is 0 Å². The second kappa shape index (κ2) is 9.65. The Morgan fingerprint density at radius 2 is 1.44 bits per heavy atom. The summed E-state index contributed by atoms with van der Waals surface area (Å²) in [5, 5.41) is 0. The third-order valence-corrected chi connectivity index (χ3v) is 5.88. The molecule has 2 amide bonds. The van der Waals surface area contributed by atoms with E-state index in [-0.39, 0.29) is 28.4 Å². The van der Waals surface area contributed by atoms with E-state index in [1.807, 2.05) is 0 Å². The number of carbonyl (C=O) groups excluding carboxylic acids is 3. The van der Waals surface area contributed by atoms with E-state index < -0.39 is 35.1 Å². The summed E-state index contributed by atoms with van der Waals surface area (Å²) in [6, 6.07) is 11.8. The summed E-state index contributed by atoms with van der Waals surface area (Å²) >= 11 is 0. The number of halogens is 2. The summed E-state index contributed by atoms with van der Waals surface area (Å²) in [5.41, 5.74) is 0.447. The molecule has 8 nitrogen and oxygen atoms in total. The van der Waals surface area contributed by atoms with Crippen molar-refractivity contribution < 1.29 is 37.4 Å². The summed E-state index contributed by atoms with van der Waals surface area (Å²) in [6.07, 6.45) is 0. The Hall–Kier alpha value is -4.47. The van der Waals surface area contributed by atoms with Crippen molar-refractivity contribution in [3.05, 3.63) is 71.8 Å². The minimum Gasteiger partial charge on any atom is -0.497 e. The van der Waals surface area contributed by atoms with Crippen molar-refractivity contribution in [1.29, 1.82) is 0 Å². The molecule has 0 aliphatic carbocycles. The van der Waals surface area contributed by atoms with Gasteiger partial charge in [0.2, 0.25) is 5.91 Å². The zero-order chi connectivity index (χ0) is 26.1. The lowest BCUT2D eigenvalue weighted by Gasteiger charge is -2.34. The topological polar surface area (TPSA) is 85.4 Å². The lowest BCUT2D eigenvalue weighted by molar-refractivity contribution is -0.129. The smallest absolute Gasteiger partial charge is 0.252 e. The second-order valence-corrected chi connectivity index (χ2v) is 7.92. The molecule has 0 saturated carbocycles. The van der Waals surface area contributed by atoms with Crippen LogP contribution in [0.3, 0.4) is 0 Å². The normalized spacial score (nSPS) is 14.8. The van der Waals surface area contributed by atoms with Crippen LogP contribution in [0.15, 0.2) is 54.6 Å². The Morgan fingerprint density at radius 3 is 2.00 bits per heavy atom. The van der Waals surface area contributed by atoms with Gasteiger partial charge in [-0.05, 0) is 42.5 Å². The van der Waals surface area contributed by atoms with Gasteiger partial charge in [0.15, 0.2) is 23.2 Å². The van der Waals surface area contributed by atoms with Crippen LogP contribution in [-0.2, 0) is 9.59 Å². The van der Waals surface area contributed by atoms with E-state index in [0.29, 0.717) is 17.5 Å². The van der Waals surface area contributed by atoms with Gasteiger partial charge >= 0.3 is 0 Å². The summed E-state index contributed by atoms with van der Waals surface area (Å²) in [6.45, 7) is 0. The van der Waals surface area contributed by atoms with Crippen molar-refractivity contribution in [2.24, 2.45) is 5.92 Å². The number of rotatable bonds is 6. The first-order valence-electron chi connectivity index (χ1n) is 10.7. The first-order chi connectivity index (χ1) is 17.2. The number of ketones is 1. The molecule has 1 aliphatic heterocycles. The molecule has 0 saturated heterocycles. The Bertz CT molecular complexity index is 1340. The van der Waals surface area contributed by atoms with Gasteiger partial charge < -0.3 is 19.1 Å². The lowest BCUT2D eigenvalue weighted by atomic mass is 9.88. The monoisotopic (exact) mass is 496 g/mol. The maximum absolute atomic E-state index is 13.8. The molecule has 3 aromatic carbocycles. The Labute approximate surface area is 205 Å². The number of anilines is 3. The zero-order valence-corrected chi connectivity index (χ0v) is 19.9. The number of hydrogen-bond acceptors (Lipinski definition) is 6. The molecule has 1 aliphatic rings. The average Bonchev–Trinajstić information content (AvgIpc) is 2.87. The van der Waals surface area contributed by atoms with Gasteiger partial charge in [0.05, 0.1) is 27.0 Å². The van der Waals surface area contributed by atoms with Crippen LogP contribution in [0.2, 0.25) is 0 Å². The number of ether oxygens (including phenoxy) is 3. The molecule has 0 fully saturated rings. The fourth-order valence-corrected chi connectivity index (χ4v) is 4.04. The fourth-order valence-electron chi connectivity index (χ4n) is 4.04. The van der Waals surface area contributed by atoms with Crippen LogP contribution in [-0.4, -0.2) is 46.0 Å². The van der Waals surface area contributed by atoms with Gasteiger partial charge in [-0.15, -0.1) is 0 Å². The lowest BCUT2D eigenvalue weighted by Crippen LogP contribution is -2.50. The fraction of sp³-hybridized carbons (Fsp3) is 0.192. The molecule has 1 atom stereocenters. The van der Waals surface area contributed by atoms with Crippen molar-refractivity contribution in [2.75, 3.05) is 38.2 Å². The predicted octanol–water partition coefficient (Wildman–Crippen LogP) is 4.13. The van der Waals surface area contributed by atoms with Gasteiger partial charge in [0.25, 0.3) is 5.91 Å². The molecule has 0 N–H and O–H groups in total. The van der Waals surface area contributed by atoms with Crippen LogP contribution in [0.1, 0.15) is 10.4 Å². The standard InChI is InChI=1S/C26H22F2N2O6/c1-29(17-10-14(27)9-15(28)11-17)25(32)23-24(31)19-12-21(35-3)22(36-4)13-20(19)30(26(23)33)16-5-7-18(34-2)8-6-16/h5-13,23H,1-4H3. The molecule has 4 rings (SSSR count). The van der Waals surface area contributed by atoms with E-state index in [0.717, 1.165) is 17.0 Å². The predicted molar refractivity (Wildman–Crippen MR) is 127 cm³/mol. The van der Waals surface area contributed by atoms with Gasteiger partial charge in [-0.2, -0.15) is 0 Å². The maximum atomic E-state index is 13.8. The van der Waals surface area contributed by atoms with Crippen molar-refractivity contribution in [3.8, 4) is 17.2 Å². The van der Waals surface area contributed by atoms with E-state index in [4.69, 9.17) is 14.2 Å². The van der Waals surface area contributed by atoms with E-state index >= 15 is 0 Å². The third kappa shape index (κ3) is 4.21. The summed E-state index contributed by atoms with van der Waals surface area (Å²) in [5.74, 6) is -5.17. The molecule has 1 heterocycles. The first kappa shape index (κ1) is 24.6. The molecule has 0 radical (unpaired) electrons. The number of amides is 2. The SMILES string of the molecule is COc1ccc(N2C(=O)C(C(=O)N(C)c3cc(F)cc(F)c3)C(=O)c3cc(OC)c(OC)cc32)cc1. The van der Waals surface area contributed by atoms with Gasteiger partial charge in [-0.25, -0.2) is 8.78 Å². The molecule has 186 valence electrons. The van der Waals surface area contributed by atoms with Crippen molar-refractivity contribution in [2.45, 2.75) is 0 Å². The van der Waals surface area contributed by atoms with Crippen molar-refractivity contribution in [1.82, 2.24) is 0 Å². The molecule has 10 heteroatoms. The highest BCUT2D eigenvalue weighted by Gasteiger charge is 2.46. The largest absolute Gasteiger partial charge is 0.497 e. The maximum Gasteiger partial charge on any atom is 0.252 e. The van der Waals surface area contributed by atoms with Gasteiger partial charge in [0, 0.05) is 36.1 Å². The number of carbonyl (C=O) groups is 3. The summed E-state index contributed by atoms with van der Waals surface area (Å²) in [7, 11) is 5.53. The highest BCUT2D eigenvalue weighted by molar-refractivity contribution is 6.34. The van der Waals surface area contributed by atoms with Crippen molar-refractivity contribution >= 4 is 34.7 Å². The number of fused-ring (bicyclic) bond motifs is 1. The summed E-state index contributed by atoms with van der Waals surface area (Å²) < 4.78 is 43.4. The first-order valence-corrected chi connectivity index (χ1v) is 10.7. The number of hydrogen-bond donors (Lipinski definition) is 0. The minimum atomic E-state index is -1.81. The zero-order valence-electron chi connectivity index (χ0n) is 19.9. The van der Waals surface area contributed by atoms with E-state index in [1.54, 1.807) is 24.3 Å². The van der Waals surface area contributed by atoms with Crippen LogP contribution in [0.5, 0.6) is 17.2 Å². The van der Waals surface area contributed by atoms with Crippen LogP contribution in [0.4, 0.5) is 25.8 Å². The van der Waals surface area contributed by atoms with E-state index in [2.05, 4.69) is 0 Å². The molecule has 0 bridgehead atoms. The Kier molecular flexibility index (Phi) is 6.61. The number of nitrogens with zero attached hydrogens (tertiary/aromatic N) is 2. The highest BCUT2D eigenvalue weighted by Crippen LogP contribution is 2.43. The third-order valence-electron chi connectivity index (χ3n) is 5.88. The number of Topliss-reactive ketones (excluding diaryl/α,β-unsaturated/α-hetero) is 1. The van der Waals surface area contributed by atoms with Crippen LogP contribution in [0, 0.1) is 17.6 Å². The molecule has 3 aromatic rings. The van der Waals surface area contributed by atoms with Gasteiger partial charge in [-0.3, -0.25) is 19.3 Å². The van der Waals surface area contributed by atoms with Crippen LogP contribution < -0.4 is 24.0 Å². The van der Waals surface area contributed by atoms with Crippen LogP contribution >= 0.6 is 0 Å². The molecular weight excluding hydrogens is 474 g/mol. The van der Waals surface area contributed by atoms with E-state index in [9.17, 15) is 23.2 Å². The average molecular weight is 496 g/mol. The molecular formula is C26H22F2N2O6. The quantitative estimate of drug-likeness (QED) is 0.477. The molecule has 1 unspecified atom stereocenters. The molecule has 0 spiro atoms. The molecule has 0 aromatic heterocycles. The van der Waals surface area contributed by atoms with Crippen molar-refractivity contribution in [3.63, 3.8) is 0 Å². The number of methoxy groups -OCH3 is 3. The molecule has 36 heavy (non-hydrogen) atoms. The minimum absolute atomic E-state index is 0.0419. The van der Waals surface area contributed by atoms with E-state index in [1.165, 1.54) is 45.4 Å². The van der Waals surface area contributed by atoms with Gasteiger partial charge in [-0.1, -0.05) is 0 Å².